The number of halogens is 4. The highest BCUT2D eigenvalue weighted by Gasteiger charge is 2.24. The van der Waals surface area contributed by atoms with Crippen LogP contribution in [0.25, 0.3) is 0 Å². The van der Waals surface area contributed by atoms with Crippen LogP contribution in [-0.4, -0.2) is 29.6 Å². The smallest absolute Gasteiger partial charge is 0.167 e. The summed E-state index contributed by atoms with van der Waals surface area (Å²) >= 11 is 0. The third-order valence-electron chi connectivity index (χ3n) is 3.18. The average Bonchev–Trinajstić information content (AvgIpc) is 2.41. The van der Waals surface area contributed by atoms with Crippen molar-refractivity contribution in [3.8, 4) is 0 Å². The molecule has 0 aliphatic carbocycles. The number of likely N-dealkylation sites (N-methyl/N-ethyl adjacent to an activating group) is 1. The first kappa shape index (κ1) is 15.9. The zero-order chi connectivity index (χ0) is 14.6. The second kappa shape index (κ2) is 6.86. The molecule has 1 N–H and O–H groups in total. The van der Waals surface area contributed by atoms with E-state index >= 15 is 0 Å². The quantitative estimate of drug-likeness (QED) is 0.639. The maximum absolute atomic E-state index is 13.6. The molecule has 2 nitrogen and oxygen atoms in total. The molecule has 0 fully saturated rings. The van der Waals surface area contributed by atoms with Gasteiger partial charge in [-0.1, -0.05) is 13.8 Å². The number of hydrogen-bond acceptors (Lipinski definition) is 2. The summed E-state index contributed by atoms with van der Waals surface area (Å²) in [4.78, 5) is 1.88. The summed E-state index contributed by atoms with van der Waals surface area (Å²) in [5.41, 5.74) is -1.58. The van der Waals surface area contributed by atoms with Gasteiger partial charge in [0.25, 0.3) is 0 Å². The number of hydrogen-bond donors (Lipinski definition) is 1. The van der Waals surface area contributed by atoms with Crippen LogP contribution in [0.4, 0.5) is 17.6 Å². The summed E-state index contributed by atoms with van der Waals surface area (Å²) in [5, 5.41) is 8.71. The van der Waals surface area contributed by atoms with Gasteiger partial charge in [0, 0.05) is 12.1 Å². The predicted octanol–water partition coefficient (Wildman–Crippen LogP) is 2.62. The number of nitrogens with zero attached hydrogens (tertiary/aromatic N) is 1. The molecule has 0 aliphatic rings. The van der Waals surface area contributed by atoms with Crippen molar-refractivity contribution < 1.29 is 22.7 Å². The Bertz CT molecular complexity index is 418. The molecule has 1 rings (SSSR count). The second-order valence-electron chi connectivity index (χ2n) is 4.15. The van der Waals surface area contributed by atoms with Crippen LogP contribution < -0.4 is 0 Å². The molecule has 1 aromatic rings. The van der Waals surface area contributed by atoms with Crippen LogP contribution in [0.1, 0.15) is 25.0 Å². The summed E-state index contributed by atoms with van der Waals surface area (Å²) in [5.74, 6) is -5.88. The van der Waals surface area contributed by atoms with Crippen LogP contribution in [0.3, 0.4) is 0 Å². The minimum Gasteiger partial charge on any atom is -0.391 e. The van der Waals surface area contributed by atoms with E-state index in [0.717, 1.165) is 0 Å². The first-order valence-corrected chi connectivity index (χ1v) is 6.14. The summed E-state index contributed by atoms with van der Waals surface area (Å²) in [6, 6.07) is 0. The zero-order valence-corrected chi connectivity index (χ0v) is 10.9. The van der Waals surface area contributed by atoms with Gasteiger partial charge in [0.1, 0.15) is 0 Å². The third-order valence-corrected chi connectivity index (χ3v) is 3.18. The van der Waals surface area contributed by atoms with Crippen LogP contribution in [0, 0.1) is 23.3 Å². The van der Waals surface area contributed by atoms with E-state index in [0.29, 0.717) is 19.6 Å². The van der Waals surface area contributed by atoms with Crippen molar-refractivity contribution in [2.75, 3.05) is 19.6 Å². The summed E-state index contributed by atoms with van der Waals surface area (Å²) in [6.07, 6.45) is -0.126. The molecule has 0 aliphatic heterocycles. The molecule has 1 aromatic carbocycles. The Labute approximate surface area is 109 Å². The molecule has 0 amide bonds. The van der Waals surface area contributed by atoms with Crippen LogP contribution >= 0.6 is 0 Å². The van der Waals surface area contributed by atoms with Gasteiger partial charge in [0.05, 0.1) is 12.2 Å². The van der Waals surface area contributed by atoms with Crippen molar-refractivity contribution in [1.29, 1.82) is 0 Å². The molecule has 6 heteroatoms. The van der Waals surface area contributed by atoms with Gasteiger partial charge in [-0.05, 0) is 19.5 Å². The van der Waals surface area contributed by atoms with Crippen molar-refractivity contribution in [1.82, 2.24) is 4.90 Å². The lowest BCUT2D eigenvalue weighted by molar-refractivity contribution is 0.261. The van der Waals surface area contributed by atoms with E-state index in [1.807, 2.05) is 18.7 Å². The molecule has 0 heterocycles. The number of aliphatic hydroxyl groups is 1. The van der Waals surface area contributed by atoms with Gasteiger partial charge >= 0.3 is 0 Å². The Balaban J connectivity index is 3.08. The predicted molar refractivity (Wildman–Crippen MR) is 63.7 cm³/mol. The standard InChI is InChI=1S/C13H17F4NO/c1-3-18(4-2)6-5-8-10(14)12(16)9(7-19)13(17)11(8)15/h19H,3-7H2,1-2H3. The van der Waals surface area contributed by atoms with Gasteiger partial charge in [0.15, 0.2) is 23.3 Å². The van der Waals surface area contributed by atoms with E-state index in [1.54, 1.807) is 0 Å². The van der Waals surface area contributed by atoms with E-state index in [9.17, 15) is 17.6 Å². The first-order valence-electron chi connectivity index (χ1n) is 6.14. The molecule has 0 saturated carbocycles. The molecular formula is C13H17F4NO. The van der Waals surface area contributed by atoms with Gasteiger partial charge in [-0.3, -0.25) is 0 Å². The molecule has 0 atom stereocenters. The van der Waals surface area contributed by atoms with Crippen molar-refractivity contribution in [2.24, 2.45) is 0 Å². The van der Waals surface area contributed by atoms with Gasteiger partial charge < -0.3 is 10.0 Å². The molecule has 0 bridgehead atoms. The topological polar surface area (TPSA) is 23.5 Å². The van der Waals surface area contributed by atoms with E-state index < -0.39 is 41.0 Å². The Morgan fingerprint density at radius 1 is 0.842 bits per heavy atom. The van der Waals surface area contributed by atoms with Gasteiger partial charge in [-0.25, -0.2) is 17.6 Å². The Morgan fingerprint density at radius 2 is 1.26 bits per heavy atom. The van der Waals surface area contributed by atoms with E-state index in [1.165, 1.54) is 0 Å². The molecule has 0 saturated heterocycles. The van der Waals surface area contributed by atoms with Crippen LogP contribution in [0.5, 0.6) is 0 Å². The number of aliphatic hydroxyl groups excluding tert-OH is 1. The highest BCUT2D eigenvalue weighted by Crippen LogP contribution is 2.24. The minimum absolute atomic E-state index is 0.126. The minimum atomic E-state index is -1.52. The summed E-state index contributed by atoms with van der Waals surface area (Å²) < 4.78 is 54.1. The van der Waals surface area contributed by atoms with Crippen molar-refractivity contribution in [3.05, 3.63) is 34.4 Å². The lowest BCUT2D eigenvalue weighted by Crippen LogP contribution is -2.26. The monoisotopic (exact) mass is 279 g/mol. The van der Waals surface area contributed by atoms with Crippen LogP contribution in [-0.2, 0) is 13.0 Å². The SMILES string of the molecule is CCN(CC)CCc1c(F)c(F)c(CO)c(F)c1F. The molecule has 0 unspecified atom stereocenters. The fourth-order valence-corrected chi connectivity index (χ4v) is 1.89. The van der Waals surface area contributed by atoms with E-state index in [-0.39, 0.29) is 6.42 Å². The largest absolute Gasteiger partial charge is 0.391 e. The maximum Gasteiger partial charge on any atom is 0.167 e. The normalized spacial score (nSPS) is 11.4. The Kier molecular flexibility index (Phi) is 5.75. The summed E-state index contributed by atoms with van der Waals surface area (Å²) in [6.45, 7) is 4.34. The zero-order valence-electron chi connectivity index (χ0n) is 10.9. The molecule has 108 valence electrons. The molecular weight excluding hydrogens is 262 g/mol. The Hall–Kier alpha value is -1.14. The summed E-state index contributed by atoms with van der Waals surface area (Å²) in [7, 11) is 0. The van der Waals surface area contributed by atoms with E-state index in [2.05, 4.69) is 0 Å². The number of benzene rings is 1. The van der Waals surface area contributed by atoms with E-state index in [4.69, 9.17) is 5.11 Å². The second-order valence-corrected chi connectivity index (χ2v) is 4.15. The van der Waals surface area contributed by atoms with Crippen LogP contribution in [0.15, 0.2) is 0 Å². The molecule has 0 aromatic heterocycles. The molecule has 19 heavy (non-hydrogen) atoms. The molecule has 0 spiro atoms. The van der Waals surface area contributed by atoms with Crippen molar-refractivity contribution >= 4 is 0 Å². The lowest BCUT2D eigenvalue weighted by atomic mass is 10.1. The average molecular weight is 279 g/mol. The van der Waals surface area contributed by atoms with Crippen LogP contribution in [0.2, 0.25) is 0 Å². The van der Waals surface area contributed by atoms with Gasteiger partial charge in [0.2, 0.25) is 0 Å². The van der Waals surface area contributed by atoms with Crippen molar-refractivity contribution in [2.45, 2.75) is 26.9 Å². The fraction of sp³-hybridized carbons (Fsp3) is 0.538. The third kappa shape index (κ3) is 3.25. The first-order chi connectivity index (χ1) is 8.97. The highest BCUT2D eigenvalue weighted by molar-refractivity contribution is 5.29. The fourth-order valence-electron chi connectivity index (χ4n) is 1.89. The lowest BCUT2D eigenvalue weighted by Gasteiger charge is -2.18. The van der Waals surface area contributed by atoms with Gasteiger partial charge in [-0.15, -0.1) is 0 Å². The van der Waals surface area contributed by atoms with Gasteiger partial charge in [-0.2, -0.15) is 0 Å². The number of rotatable bonds is 6. The molecule has 0 radical (unpaired) electrons. The maximum atomic E-state index is 13.6. The van der Waals surface area contributed by atoms with Crippen molar-refractivity contribution in [3.63, 3.8) is 0 Å². The Morgan fingerprint density at radius 3 is 1.63 bits per heavy atom. The highest BCUT2D eigenvalue weighted by atomic mass is 19.2.